The first-order chi connectivity index (χ1) is 10.5. The van der Waals surface area contributed by atoms with Crippen LogP contribution in [0.2, 0.25) is 13.1 Å². The summed E-state index contributed by atoms with van der Waals surface area (Å²) in [5.41, 5.74) is 3.44. The van der Waals surface area contributed by atoms with E-state index in [4.69, 9.17) is 4.74 Å². The summed E-state index contributed by atoms with van der Waals surface area (Å²) in [6, 6.07) is 15.2. The lowest BCUT2D eigenvalue weighted by atomic mass is 10.0. The molecular formula is C19H22O2Si. The summed E-state index contributed by atoms with van der Waals surface area (Å²) >= 11 is 0. The number of ether oxygens (including phenoxy) is 1. The first-order valence-corrected chi connectivity index (χ1v) is 10.6. The van der Waals surface area contributed by atoms with E-state index in [1.165, 1.54) is 5.19 Å². The molecule has 0 saturated heterocycles. The standard InChI is InChI=1S/C19H22O2Si/c1-5-21-17-11-7-15(8-12-17)19(20)16-9-13-18(14-10-16)22(3,4)6-2/h6-14H,2,5H2,1,3-4H3. The number of carbonyl (C=O) groups is 1. The van der Waals surface area contributed by atoms with E-state index in [0.717, 1.165) is 5.75 Å². The molecule has 2 aromatic rings. The normalized spacial score (nSPS) is 11.0. The lowest BCUT2D eigenvalue weighted by Gasteiger charge is -2.17. The molecule has 0 unspecified atom stereocenters. The largest absolute Gasteiger partial charge is 0.494 e. The maximum atomic E-state index is 12.5. The number of carbonyl (C=O) groups excluding carboxylic acids is 1. The van der Waals surface area contributed by atoms with Gasteiger partial charge in [0.05, 0.1) is 6.61 Å². The van der Waals surface area contributed by atoms with Crippen molar-refractivity contribution in [3.05, 3.63) is 71.9 Å². The molecule has 0 atom stereocenters. The summed E-state index contributed by atoms with van der Waals surface area (Å²) in [5.74, 6) is 0.820. The predicted octanol–water partition coefficient (Wildman–Crippen LogP) is 3.96. The Kier molecular flexibility index (Phi) is 4.98. The third-order valence-corrected chi connectivity index (χ3v) is 6.67. The molecule has 0 N–H and O–H groups in total. The van der Waals surface area contributed by atoms with Crippen LogP contribution >= 0.6 is 0 Å². The highest BCUT2D eigenvalue weighted by Crippen LogP contribution is 2.15. The van der Waals surface area contributed by atoms with E-state index >= 15 is 0 Å². The van der Waals surface area contributed by atoms with Crippen LogP contribution in [0.25, 0.3) is 0 Å². The summed E-state index contributed by atoms with van der Waals surface area (Å²) in [4.78, 5) is 12.5. The lowest BCUT2D eigenvalue weighted by Crippen LogP contribution is -2.39. The minimum Gasteiger partial charge on any atom is -0.494 e. The molecule has 0 fully saturated rings. The van der Waals surface area contributed by atoms with Crippen molar-refractivity contribution in [1.29, 1.82) is 0 Å². The lowest BCUT2D eigenvalue weighted by molar-refractivity contribution is 0.103. The SMILES string of the molecule is C=C[Si](C)(C)c1ccc(C(=O)c2ccc(OCC)cc2)cc1. The number of benzene rings is 2. The first-order valence-electron chi connectivity index (χ1n) is 7.49. The van der Waals surface area contributed by atoms with E-state index in [2.05, 4.69) is 37.5 Å². The van der Waals surface area contributed by atoms with Gasteiger partial charge in [0.15, 0.2) is 5.78 Å². The highest BCUT2D eigenvalue weighted by molar-refractivity contribution is 6.93. The fourth-order valence-corrected chi connectivity index (χ4v) is 3.47. The van der Waals surface area contributed by atoms with Gasteiger partial charge in [-0.3, -0.25) is 4.79 Å². The third kappa shape index (κ3) is 3.54. The molecule has 0 radical (unpaired) electrons. The number of rotatable bonds is 6. The van der Waals surface area contributed by atoms with Gasteiger partial charge in [0.25, 0.3) is 0 Å². The monoisotopic (exact) mass is 310 g/mol. The van der Waals surface area contributed by atoms with E-state index in [1.807, 2.05) is 43.3 Å². The fraction of sp³-hybridized carbons (Fsp3) is 0.211. The molecule has 0 aliphatic rings. The van der Waals surface area contributed by atoms with Crippen molar-refractivity contribution < 1.29 is 9.53 Å². The Morgan fingerprint density at radius 2 is 1.55 bits per heavy atom. The van der Waals surface area contributed by atoms with Gasteiger partial charge < -0.3 is 4.74 Å². The summed E-state index contributed by atoms with van der Waals surface area (Å²) in [5, 5.41) is 1.28. The molecular weight excluding hydrogens is 288 g/mol. The van der Waals surface area contributed by atoms with Crippen LogP contribution in [0.3, 0.4) is 0 Å². The molecule has 0 aromatic heterocycles. The number of hydrogen-bond acceptors (Lipinski definition) is 2. The van der Waals surface area contributed by atoms with Crippen molar-refractivity contribution in [3.63, 3.8) is 0 Å². The van der Waals surface area contributed by atoms with Crippen molar-refractivity contribution in [1.82, 2.24) is 0 Å². The Hall–Kier alpha value is -2.13. The Balaban J connectivity index is 2.21. The zero-order valence-electron chi connectivity index (χ0n) is 13.4. The Bertz CT molecular complexity index is 655. The molecule has 114 valence electrons. The predicted molar refractivity (Wildman–Crippen MR) is 94.8 cm³/mol. The third-order valence-electron chi connectivity index (χ3n) is 3.83. The van der Waals surface area contributed by atoms with E-state index in [-0.39, 0.29) is 5.78 Å². The molecule has 2 aromatic carbocycles. The van der Waals surface area contributed by atoms with Gasteiger partial charge in [0, 0.05) is 11.1 Å². The van der Waals surface area contributed by atoms with Crippen molar-refractivity contribution in [3.8, 4) is 5.75 Å². The van der Waals surface area contributed by atoms with Crippen molar-refractivity contribution in [2.24, 2.45) is 0 Å². The molecule has 0 aliphatic heterocycles. The molecule has 0 heterocycles. The van der Waals surface area contributed by atoms with E-state index in [9.17, 15) is 4.79 Å². The zero-order chi connectivity index (χ0) is 16.2. The van der Waals surface area contributed by atoms with Crippen molar-refractivity contribution in [2.75, 3.05) is 6.61 Å². The smallest absolute Gasteiger partial charge is 0.193 e. The summed E-state index contributed by atoms with van der Waals surface area (Å²) in [6.45, 7) is 11.0. The van der Waals surface area contributed by atoms with Gasteiger partial charge in [-0.05, 0) is 31.2 Å². The Morgan fingerprint density at radius 3 is 2.00 bits per heavy atom. The second-order valence-corrected chi connectivity index (χ2v) is 10.2. The second-order valence-electron chi connectivity index (χ2n) is 5.79. The maximum absolute atomic E-state index is 12.5. The van der Waals surface area contributed by atoms with Gasteiger partial charge in [-0.2, -0.15) is 0 Å². The molecule has 2 rings (SSSR count). The quantitative estimate of drug-likeness (QED) is 0.596. The molecule has 0 spiro atoms. The average molecular weight is 310 g/mol. The van der Waals surface area contributed by atoms with Crippen LogP contribution in [0.4, 0.5) is 0 Å². The topological polar surface area (TPSA) is 26.3 Å². The minimum absolute atomic E-state index is 0.0349. The molecule has 0 bridgehead atoms. The van der Waals surface area contributed by atoms with Crippen LogP contribution in [0.1, 0.15) is 22.8 Å². The summed E-state index contributed by atoms with van der Waals surface area (Å²) < 4.78 is 5.40. The van der Waals surface area contributed by atoms with E-state index < -0.39 is 8.07 Å². The average Bonchev–Trinajstić information content (AvgIpc) is 2.55. The number of hydrogen-bond donors (Lipinski definition) is 0. The molecule has 22 heavy (non-hydrogen) atoms. The molecule has 2 nitrogen and oxygen atoms in total. The minimum atomic E-state index is -1.57. The van der Waals surface area contributed by atoms with Gasteiger partial charge in [-0.15, -0.1) is 6.58 Å². The summed E-state index contributed by atoms with van der Waals surface area (Å²) in [6.07, 6.45) is 0. The Morgan fingerprint density at radius 1 is 1.05 bits per heavy atom. The van der Waals surface area contributed by atoms with Crippen molar-refractivity contribution in [2.45, 2.75) is 20.0 Å². The van der Waals surface area contributed by atoms with Crippen LogP contribution in [0.15, 0.2) is 60.8 Å². The molecule has 3 heteroatoms. The van der Waals surface area contributed by atoms with Gasteiger partial charge in [0.1, 0.15) is 13.8 Å². The fourth-order valence-electron chi connectivity index (χ4n) is 2.20. The summed E-state index contributed by atoms with van der Waals surface area (Å²) in [7, 11) is -1.57. The van der Waals surface area contributed by atoms with Crippen LogP contribution in [-0.2, 0) is 0 Å². The number of ketones is 1. The second kappa shape index (κ2) is 6.75. The van der Waals surface area contributed by atoms with Crippen LogP contribution < -0.4 is 9.92 Å². The van der Waals surface area contributed by atoms with Gasteiger partial charge in [-0.25, -0.2) is 0 Å². The Labute approximate surface area is 133 Å². The van der Waals surface area contributed by atoms with Crippen LogP contribution in [-0.4, -0.2) is 20.5 Å². The van der Waals surface area contributed by atoms with Crippen molar-refractivity contribution >= 4 is 19.0 Å². The highest BCUT2D eigenvalue weighted by atomic mass is 28.3. The highest BCUT2D eigenvalue weighted by Gasteiger charge is 2.19. The molecule has 0 amide bonds. The van der Waals surface area contributed by atoms with Crippen LogP contribution in [0, 0.1) is 0 Å². The van der Waals surface area contributed by atoms with E-state index in [1.54, 1.807) is 0 Å². The van der Waals surface area contributed by atoms with Gasteiger partial charge in [0.2, 0.25) is 0 Å². The zero-order valence-corrected chi connectivity index (χ0v) is 14.4. The molecule has 0 aliphatic carbocycles. The maximum Gasteiger partial charge on any atom is 0.193 e. The van der Waals surface area contributed by atoms with Crippen LogP contribution in [0.5, 0.6) is 5.75 Å². The molecule has 0 saturated carbocycles. The van der Waals surface area contributed by atoms with E-state index in [0.29, 0.717) is 17.7 Å². The first kappa shape index (κ1) is 16.2. The van der Waals surface area contributed by atoms with Gasteiger partial charge >= 0.3 is 0 Å². The van der Waals surface area contributed by atoms with Gasteiger partial charge in [-0.1, -0.05) is 48.2 Å².